The van der Waals surface area contributed by atoms with E-state index in [-0.39, 0.29) is 24.8 Å². The van der Waals surface area contributed by atoms with Gasteiger partial charge in [-0.2, -0.15) is 0 Å². The van der Waals surface area contributed by atoms with Gasteiger partial charge in [0.25, 0.3) is 0 Å². The van der Waals surface area contributed by atoms with Gasteiger partial charge in [0.15, 0.2) is 0 Å². The molecule has 0 aliphatic heterocycles. The van der Waals surface area contributed by atoms with Crippen molar-refractivity contribution in [2.24, 2.45) is 5.73 Å². The number of carbonyl (C=O) groups excluding carboxylic acids is 3. The highest BCUT2D eigenvalue weighted by Gasteiger charge is 2.25. The van der Waals surface area contributed by atoms with Gasteiger partial charge in [-0.3, -0.25) is 9.59 Å². The molecule has 3 atom stereocenters. The van der Waals surface area contributed by atoms with Gasteiger partial charge in [-0.15, -0.1) is 0 Å². The van der Waals surface area contributed by atoms with Gasteiger partial charge >= 0.3 is 5.97 Å². The predicted octanol–water partition coefficient (Wildman–Crippen LogP) is 1.87. The molecule has 0 aliphatic carbocycles. The Bertz CT molecular complexity index is 827. The van der Waals surface area contributed by atoms with Gasteiger partial charge in [-0.25, -0.2) is 4.79 Å². The maximum Gasteiger partial charge on any atom is 0.328 e. The topological polar surface area (TPSA) is 111 Å². The second-order valence-electron chi connectivity index (χ2n) is 7.12. The van der Waals surface area contributed by atoms with E-state index in [1.807, 2.05) is 67.6 Å². The first-order valence-corrected chi connectivity index (χ1v) is 9.92. The third-order valence-corrected chi connectivity index (χ3v) is 4.78. The number of ether oxygens (including phenoxy) is 1. The molecule has 0 spiro atoms. The van der Waals surface area contributed by atoms with Crippen LogP contribution in [0.5, 0.6) is 0 Å². The van der Waals surface area contributed by atoms with Crippen molar-refractivity contribution in [1.29, 1.82) is 0 Å². The molecule has 0 bridgehead atoms. The summed E-state index contributed by atoms with van der Waals surface area (Å²) in [5.74, 6) is -1.23. The van der Waals surface area contributed by atoms with Gasteiger partial charge in [-0.1, -0.05) is 60.7 Å². The van der Waals surface area contributed by atoms with E-state index >= 15 is 0 Å². The summed E-state index contributed by atoms with van der Waals surface area (Å²) >= 11 is 0. The summed E-state index contributed by atoms with van der Waals surface area (Å²) in [5.41, 5.74) is 7.83. The quantitative estimate of drug-likeness (QED) is 0.517. The molecule has 2 rings (SSSR count). The third kappa shape index (κ3) is 7.33. The molecule has 4 N–H and O–H groups in total. The lowest BCUT2D eigenvalue weighted by atomic mass is 10.0. The number of nitrogens with two attached hydrogens (primary N) is 1. The maximum absolute atomic E-state index is 12.4. The summed E-state index contributed by atoms with van der Waals surface area (Å²) in [7, 11) is 1.27. The minimum absolute atomic E-state index is 0.105. The molecule has 0 saturated heterocycles. The largest absolute Gasteiger partial charge is 0.467 e. The van der Waals surface area contributed by atoms with Crippen LogP contribution in [-0.2, 0) is 25.5 Å². The fourth-order valence-corrected chi connectivity index (χ4v) is 3.02. The van der Waals surface area contributed by atoms with Gasteiger partial charge in [0.2, 0.25) is 11.8 Å². The Balaban J connectivity index is 1.84. The van der Waals surface area contributed by atoms with Crippen LogP contribution >= 0.6 is 0 Å². The lowest BCUT2D eigenvalue weighted by Crippen LogP contribution is -2.50. The summed E-state index contributed by atoms with van der Waals surface area (Å²) in [6.07, 6.45) is 0.562. The molecule has 2 aromatic rings. The number of carbonyl (C=O) groups is 3. The van der Waals surface area contributed by atoms with E-state index in [0.29, 0.717) is 6.42 Å². The molecular formula is C23H29N3O4. The van der Waals surface area contributed by atoms with Crippen LogP contribution in [0.4, 0.5) is 0 Å². The zero-order chi connectivity index (χ0) is 21.9. The second-order valence-corrected chi connectivity index (χ2v) is 7.12. The highest BCUT2D eigenvalue weighted by atomic mass is 16.5. The first kappa shape index (κ1) is 23.1. The Morgan fingerprint density at radius 1 is 0.967 bits per heavy atom. The summed E-state index contributed by atoms with van der Waals surface area (Å²) in [4.78, 5) is 36.7. The van der Waals surface area contributed by atoms with Crippen LogP contribution in [0.25, 0.3) is 0 Å². The van der Waals surface area contributed by atoms with Gasteiger partial charge < -0.3 is 21.1 Å². The number of amides is 2. The summed E-state index contributed by atoms with van der Waals surface area (Å²) in [5, 5.41) is 5.53. The molecule has 0 fully saturated rings. The number of methoxy groups -OCH3 is 1. The molecular weight excluding hydrogens is 382 g/mol. The number of nitrogens with one attached hydrogen (secondary N) is 2. The highest BCUT2D eigenvalue weighted by molar-refractivity contribution is 5.88. The van der Waals surface area contributed by atoms with Crippen molar-refractivity contribution in [3.05, 3.63) is 71.8 Å². The molecule has 0 aromatic heterocycles. The third-order valence-electron chi connectivity index (χ3n) is 4.78. The van der Waals surface area contributed by atoms with E-state index in [0.717, 1.165) is 11.1 Å². The maximum atomic E-state index is 12.4. The molecule has 7 nitrogen and oxygen atoms in total. The van der Waals surface area contributed by atoms with E-state index in [9.17, 15) is 14.4 Å². The van der Waals surface area contributed by atoms with Crippen molar-refractivity contribution < 1.29 is 19.1 Å². The fraction of sp³-hybridized carbons (Fsp3) is 0.348. The van der Waals surface area contributed by atoms with Gasteiger partial charge in [-0.05, 0) is 24.5 Å². The molecule has 30 heavy (non-hydrogen) atoms. The molecule has 160 valence electrons. The lowest BCUT2D eigenvalue weighted by Gasteiger charge is -2.20. The number of hydrogen-bond acceptors (Lipinski definition) is 5. The van der Waals surface area contributed by atoms with Crippen LogP contribution < -0.4 is 16.4 Å². The van der Waals surface area contributed by atoms with Gasteiger partial charge in [0, 0.05) is 12.8 Å². The Morgan fingerprint density at radius 2 is 1.57 bits per heavy atom. The number of rotatable bonds is 10. The Labute approximate surface area is 177 Å². The molecule has 2 aromatic carbocycles. The van der Waals surface area contributed by atoms with Crippen molar-refractivity contribution >= 4 is 17.8 Å². The predicted molar refractivity (Wildman–Crippen MR) is 114 cm³/mol. The van der Waals surface area contributed by atoms with E-state index in [1.54, 1.807) is 0 Å². The van der Waals surface area contributed by atoms with Gasteiger partial charge in [0.05, 0.1) is 19.2 Å². The Morgan fingerprint density at radius 3 is 2.17 bits per heavy atom. The zero-order valence-electron chi connectivity index (χ0n) is 17.3. The molecule has 7 heteroatoms. The van der Waals surface area contributed by atoms with Crippen LogP contribution in [-0.4, -0.2) is 37.0 Å². The average Bonchev–Trinajstić information content (AvgIpc) is 2.77. The summed E-state index contributed by atoms with van der Waals surface area (Å²) in [6.45, 7) is 1.89. The van der Waals surface area contributed by atoms with Gasteiger partial charge in [0.1, 0.15) is 6.04 Å². The van der Waals surface area contributed by atoms with Crippen LogP contribution in [0.1, 0.15) is 36.9 Å². The van der Waals surface area contributed by atoms with Crippen molar-refractivity contribution in [3.8, 4) is 0 Å². The normalized spacial score (nSPS) is 13.6. The van der Waals surface area contributed by atoms with Crippen molar-refractivity contribution in [2.75, 3.05) is 7.11 Å². The summed E-state index contributed by atoms with van der Waals surface area (Å²) in [6, 6.07) is 17.0. The van der Waals surface area contributed by atoms with Crippen molar-refractivity contribution in [1.82, 2.24) is 10.6 Å². The number of benzene rings is 2. The Hall–Kier alpha value is -3.19. The number of hydrogen-bond donors (Lipinski definition) is 3. The van der Waals surface area contributed by atoms with Crippen LogP contribution in [0.15, 0.2) is 60.7 Å². The molecule has 0 heterocycles. The fourth-order valence-electron chi connectivity index (χ4n) is 3.02. The second kappa shape index (κ2) is 11.7. The highest BCUT2D eigenvalue weighted by Crippen LogP contribution is 2.11. The van der Waals surface area contributed by atoms with E-state index in [4.69, 9.17) is 10.5 Å². The first-order chi connectivity index (χ1) is 14.4. The lowest BCUT2D eigenvalue weighted by molar-refractivity contribution is -0.145. The van der Waals surface area contributed by atoms with E-state index in [2.05, 4.69) is 10.6 Å². The molecule has 0 radical (unpaired) electrons. The van der Waals surface area contributed by atoms with E-state index in [1.165, 1.54) is 7.11 Å². The standard InChI is InChI=1S/C23H29N3O4/c1-16(18-11-7-4-8-12-18)25-21(27)14-13-19(24)22(28)26-20(23(29)30-2)15-17-9-5-3-6-10-17/h3-12,16,19-20H,13-15,24H2,1-2H3,(H,25,27)(H,26,28)/t16-,19+,20+/m1/s1. The molecule has 0 aliphatic rings. The van der Waals surface area contributed by atoms with Crippen LogP contribution in [0, 0.1) is 0 Å². The minimum Gasteiger partial charge on any atom is -0.467 e. The molecule has 0 saturated carbocycles. The smallest absolute Gasteiger partial charge is 0.328 e. The minimum atomic E-state index is -0.911. The van der Waals surface area contributed by atoms with Crippen molar-refractivity contribution in [3.63, 3.8) is 0 Å². The van der Waals surface area contributed by atoms with E-state index < -0.39 is 24.0 Å². The molecule has 0 unspecified atom stereocenters. The average molecular weight is 412 g/mol. The summed E-state index contributed by atoms with van der Waals surface area (Å²) < 4.78 is 4.79. The molecule has 2 amide bonds. The van der Waals surface area contributed by atoms with Crippen molar-refractivity contribution in [2.45, 2.75) is 44.3 Å². The monoisotopic (exact) mass is 411 g/mol. The van der Waals surface area contributed by atoms with Crippen LogP contribution in [0.2, 0.25) is 0 Å². The van der Waals surface area contributed by atoms with Crippen LogP contribution in [0.3, 0.4) is 0 Å². The zero-order valence-corrected chi connectivity index (χ0v) is 17.3. The Kier molecular flexibility index (Phi) is 9.03. The number of esters is 1. The SMILES string of the molecule is COC(=O)[C@H](Cc1ccccc1)NC(=O)[C@@H](N)CCC(=O)N[C@H](C)c1ccccc1. The first-order valence-electron chi connectivity index (χ1n) is 9.92.